The quantitative estimate of drug-likeness (QED) is 0.231. The Morgan fingerprint density at radius 1 is 0.755 bits per heavy atom. The van der Waals surface area contributed by atoms with E-state index in [2.05, 4.69) is 15.3 Å². The first-order chi connectivity index (χ1) is 23.7. The topological polar surface area (TPSA) is 152 Å². The predicted molar refractivity (Wildman–Crippen MR) is 183 cm³/mol. The highest BCUT2D eigenvalue weighted by Gasteiger charge is 2.33. The highest BCUT2D eigenvalue weighted by Crippen LogP contribution is 2.40. The van der Waals surface area contributed by atoms with Gasteiger partial charge in [-0.1, -0.05) is 11.1 Å². The minimum absolute atomic E-state index is 0.0817. The van der Waals surface area contributed by atoms with E-state index >= 15 is 0 Å². The number of amides is 3. The number of carboxylic acid groups (broad SMARTS) is 1. The number of nitrogens with zero attached hydrogens (tertiary/aromatic N) is 4. The molecule has 3 amide bonds. The molecule has 0 aliphatic carbocycles. The molecule has 2 aromatic carbocycles. The lowest BCUT2D eigenvalue weighted by Gasteiger charge is -2.19. The van der Waals surface area contributed by atoms with Crippen molar-refractivity contribution in [3.63, 3.8) is 0 Å². The number of nitrogens with one attached hydrogen (secondary N) is 1. The molecule has 4 aliphatic rings. The molecule has 0 radical (unpaired) electrons. The summed E-state index contributed by atoms with van der Waals surface area (Å²) >= 11 is 0. The van der Waals surface area contributed by atoms with E-state index in [1.807, 2.05) is 32.5 Å². The molecule has 0 saturated heterocycles. The molecule has 2 atom stereocenters. The third kappa shape index (κ3) is 7.55. The molecule has 0 aromatic heterocycles. The maximum atomic E-state index is 13.4. The third-order valence-electron chi connectivity index (χ3n) is 8.70. The van der Waals surface area contributed by atoms with Crippen molar-refractivity contribution in [3.05, 3.63) is 58.9 Å². The van der Waals surface area contributed by atoms with Crippen LogP contribution in [0.1, 0.15) is 73.1 Å². The number of carbonyl (C=O) groups is 3. The second-order valence-electron chi connectivity index (χ2n) is 12.5. The normalized spacial score (nSPS) is 18.8. The molecule has 258 valence electrons. The monoisotopic (exact) mass is 671 g/mol. The van der Waals surface area contributed by atoms with Crippen molar-refractivity contribution in [2.24, 2.45) is 9.98 Å². The van der Waals surface area contributed by atoms with Crippen LogP contribution in [-0.2, 0) is 0 Å². The molecule has 0 unspecified atom stereocenters. The molecule has 0 bridgehead atoms. The zero-order valence-electron chi connectivity index (χ0n) is 27.9. The van der Waals surface area contributed by atoms with Gasteiger partial charge in [0.15, 0.2) is 23.0 Å². The molecule has 13 heteroatoms. The van der Waals surface area contributed by atoms with Gasteiger partial charge in [-0.3, -0.25) is 19.6 Å². The Morgan fingerprint density at radius 3 is 1.73 bits per heavy atom. The SMILES string of the molecule is COc1cc2c(cc1OCCCCCOc1cc3c(cc1OCCCNC(=O)O)C(=O)N1C=C(C)C[C@H]1C=N3)N=C[C@@H]1CC(C)=CN1C2=O. The van der Waals surface area contributed by atoms with Crippen LogP contribution in [-0.4, -0.2) is 90.8 Å². The number of methoxy groups -OCH3 is 1. The number of benzene rings is 2. The van der Waals surface area contributed by atoms with Crippen LogP contribution in [0, 0.1) is 0 Å². The van der Waals surface area contributed by atoms with Crippen molar-refractivity contribution in [1.29, 1.82) is 0 Å². The maximum absolute atomic E-state index is 13.4. The second kappa shape index (κ2) is 14.8. The van der Waals surface area contributed by atoms with Crippen LogP contribution in [0.4, 0.5) is 16.2 Å². The number of carbonyl (C=O) groups excluding carboxylic acids is 2. The average molecular weight is 672 g/mol. The lowest BCUT2D eigenvalue weighted by molar-refractivity contribution is 0.0809. The van der Waals surface area contributed by atoms with Crippen molar-refractivity contribution >= 4 is 41.7 Å². The second-order valence-corrected chi connectivity index (χ2v) is 12.5. The standard InChI is InChI=1S/C36H41N5O8/c1-22-12-24-18-38-28-16-32(30(46-3)14-26(28)34(42)40(24)20-22)47-9-5-4-6-10-48-33-17-29-27(15-31(33)49-11-7-8-37-36(44)45)35(43)41-21-23(2)13-25(41)19-39-29/h14-21,24-25,37H,4-13H2,1-3H3,(H,44,45)/t24-,25-/m0/s1. The van der Waals surface area contributed by atoms with E-state index in [4.69, 9.17) is 24.1 Å². The van der Waals surface area contributed by atoms with Crippen molar-refractivity contribution < 1.29 is 38.4 Å². The molecule has 49 heavy (non-hydrogen) atoms. The minimum Gasteiger partial charge on any atom is -0.493 e. The highest BCUT2D eigenvalue weighted by atomic mass is 16.5. The van der Waals surface area contributed by atoms with Crippen LogP contribution >= 0.6 is 0 Å². The zero-order valence-corrected chi connectivity index (χ0v) is 27.9. The fourth-order valence-corrected chi connectivity index (χ4v) is 6.25. The Bertz CT molecular complexity index is 1750. The number of unbranched alkanes of at least 4 members (excludes halogenated alkanes) is 2. The fourth-order valence-electron chi connectivity index (χ4n) is 6.25. The number of fused-ring (bicyclic) bond motifs is 4. The predicted octanol–water partition coefficient (Wildman–Crippen LogP) is 6.03. The van der Waals surface area contributed by atoms with E-state index in [1.54, 1.807) is 47.4 Å². The summed E-state index contributed by atoms with van der Waals surface area (Å²) in [4.78, 5) is 50.1. The van der Waals surface area contributed by atoms with E-state index < -0.39 is 6.09 Å². The molecule has 2 N–H and O–H groups in total. The van der Waals surface area contributed by atoms with Crippen LogP contribution in [0.5, 0.6) is 23.0 Å². The number of aliphatic imine (C=N–C) groups is 2. The largest absolute Gasteiger partial charge is 0.493 e. The van der Waals surface area contributed by atoms with Crippen LogP contribution in [0.2, 0.25) is 0 Å². The summed E-state index contributed by atoms with van der Waals surface area (Å²) in [5.41, 5.74) is 4.22. The van der Waals surface area contributed by atoms with Crippen LogP contribution in [0.15, 0.2) is 57.8 Å². The highest BCUT2D eigenvalue weighted by molar-refractivity contribution is 6.05. The van der Waals surface area contributed by atoms with Gasteiger partial charge in [-0.05, 0) is 64.5 Å². The molecule has 0 spiro atoms. The number of hydrogen-bond donors (Lipinski definition) is 2. The molecule has 4 heterocycles. The van der Waals surface area contributed by atoms with Gasteiger partial charge in [0.2, 0.25) is 0 Å². The van der Waals surface area contributed by atoms with Crippen molar-refractivity contribution in [2.45, 2.75) is 64.5 Å². The summed E-state index contributed by atoms with van der Waals surface area (Å²) in [6.07, 6.45) is 10.5. The van der Waals surface area contributed by atoms with Gasteiger partial charge in [0.05, 0.1) is 61.5 Å². The van der Waals surface area contributed by atoms with Crippen LogP contribution in [0.3, 0.4) is 0 Å². The van der Waals surface area contributed by atoms with E-state index in [0.717, 1.165) is 43.3 Å². The Hall–Kier alpha value is -5.33. The average Bonchev–Trinajstić information content (AvgIpc) is 3.59. The maximum Gasteiger partial charge on any atom is 0.404 e. The molecular formula is C36H41N5O8. The Balaban J connectivity index is 1.04. The summed E-state index contributed by atoms with van der Waals surface area (Å²) in [6.45, 7) is 5.30. The Labute approximate surface area is 284 Å². The smallest absolute Gasteiger partial charge is 0.404 e. The molecular weight excluding hydrogens is 630 g/mol. The van der Waals surface area contributed by atoms with Crippen molar-refractivity contribution in [1.82, 2.24) is 15.1 Å². The lowest BCUT2D eigenvalue weighted by Crippen LogP contribution is -2.32. The molecule has 13 nitrogen and oxygen atoms in total. The van der Waals surface area contributed by atoms with Crippen LogP contribution in [0.25, 0.3) is 0 Å². The van der Waals surface area contributed by atoms with Gasteiger partial charge in [-0.25, -0.2) is 4.79 Å². The molecule has 4 aliphatic heterocycles. The molecule has 0 fully saturated rings. The van der Waals surface area contributed by atoms with Gasteiger partial charge in [0.25, 0.3) is 11.8 Å². The molecule has 0 saturated carbocycles. The number of rotatable bonds is 14. The van der Waals surface area contributed by atoms with Gasteiger partial charge in [-0.15, -0.1) is 0 Å². The third-order valence-corrected chi connectivity index (χ3v) is 8.70. The van der Waals surface area contributed by atoms with E-state index in [9.17, 15) is 14.4 Å². The Kier molecular flexibility index (Phi) is 10.2. The van der Waals surface area contributed by atoms with Crippen molar-refractivity contribution in [3.8, 4) is 23.0 Å². The first kappa shape index (κ1) is 33.6. The summed E-state index contributed by atoms with van der Waals surface area (Å²) < 4.78 is 23.8. The number of ether oxygens (including phenoxy) is 4. The summed E-state index contributed by atoms with van der Waals surface area (Å²) in [6, 6.07) is 6.65. The van der Waals surface area contributed by atoms with Crippen LogP contribution < -0.4 is 24.3 Å². The summed E-state index contributed by atoms with van der Waals surface area (Å²) in [5, 5.41) is 11.2. The van der Waals surface area contributed by atoms with Gasteiger partial charge >= 0.3 is 6.09 Å². The van der Waals surface area contributed by atoms with Gasteiger partial charge in [0.1, 0.15) is 0 Å². The minimum atomic E-state index is -1.09. The fraction of sp³-hybridized carbons (Fsp3) is 0.417. The van der Waals surface area contributed by atoms with E-state index in [1.165, 1.54) is 0 Å². The van der Waals surface area contributed by atoms with Gasteiger partial charge in [-0.2, -0.15) is 0 Å². The van der Waals surface area contributed by atoms with E-state index in [-0.39, 0.29) is 37.0 Å². The Morgan fingerprint density at radius 2 is 1.22 bits per heavy atom. The first-order valence-electron chi connectivity index (χ1n) is 16.6. The summed E-state index contributed by atoms with van der Waals surface area (Å²) in [7, 11) is 1.55. The zero-order chi connectivity index (χ0) is 34.5. The first-order valence-corrected chi connectivity index (χ1v) is 16.6. The molecule has 6 rings (SSSR count). The van der Waals surface area contributed by atoms with Gasteiger partial charge in [0, 0.05) is 43.5 Å². The lowest BCUT2D eigenvalue weighted by atomic mass is 10.1. The van der Waals surface area contributed by atoms with Gasteiger partial charge < -0.3 is 39.2 Å². The summed E-state index contributed by atoms with van der Waals surface area (Å²) in [5.74, 6) is 1.62. The molecule has 2 aromatic rings. The van der Waals surface area contributed by atoms with E-state index in [0.29, 0.717) is 65.1 Å². The van der Waals surface area contributed by atoms with Crippen molar-refractivity contribution in [2.75, 3.05) is 33.5 Å². The number of hydrogen-bond acceptors (Lipinski definition) is 9.